The third kappa shape index (κ3) is 4.22. The van der Waals surface area contributed by atoms with Gasteiger partial charge in [-0.15, -0.1) is 0 Å². The number of piperidine rings is 1. The third-order valence-corrected chi connectivity index (χ3v) is 13.3. The first kappa shape index (κ1) is 26.5. The molecule has 6 heteroatoms. The van der Waals surface area contributed by atoms with Gasteiger partial charge in [-0.1, -0.05) is 13.8 Å². The SMILES string of the molecule is CC(=O)O[C@H]1[C@@H]([N+]2(C)CCCC2)C[C@H]2[C@@H]3CC[C@H]4C[C@H](O)[C@@H](N5CCC(O)CC5)C[C@]4(C)[C@H]3CC[C@@]21C. The molecule has 0 aromatic carbocycles. The van der Waals surface area contributed by atoms with Crippen molar-refractivity contribution in [2.24, 2.45) is 34.5 Å². The van der Waals surface area contributed by atoms with Crippen LogP contribution in [0.1, 0.15) is 91.4 Å². The van der Waals surface area contributed by atoms with Crippen LogP contribution in [0.4, 0.5) is 0 Å². The van der Waals surface area contributed by atoms with Crippen molar-refractivity contribution in [2.45, 2.75) is 122 Å². The van der Waals surface area contributed by atoms with Crippen LogP contribution in [0.3, 0.4) is 0 Å². The van der Waals surface area contributed by atoms with Gasteiger partial charge in [-0.05, 0) is 80.5 Å². The van der Waals surface area contributed by atoms with Crippen LogP contribution in [-0.2, 0) is 9.53 Å². The molecule has 10 atom stereocenters. The predicted molar refractivity (Wildman–Crippen MR) is 144 cm³/mol. The van der Waals surface area contributed by atoms with Gasteiger partial charge in [-0.3, -0.25) is 9.69 Å². The first-order valence-electron chi connectivity index (χ1n) is 15.7. The molecule has 0 radical (unpaired) electrons. The molecule has 0 spiro atoms. The Labute approximate surface area is 224 Å². The second kappa shape index (κ2) is 9.45. The van der Waals surface area contributed by atoms with Gasteiger partial charge in [-0.2, -0.15) is 0 Å². The van der Waals surface area contributed by atoms with Gasteiger partial charge >= 0.3 is 5.97 Å². The average molecular weight is 518 g/mol. The Hall–Kier alpha value is -0.690. The summed E-state index contributed by atoms with van der Waals surface area (Å²) in [5, 5.41) is 21.3. The Kier molecular flexibility index (Phi) is 6.78. The van der Waals surface area contributed by atoms with Gasteiger partial charge in [0, 0.05) is 50.7 Å². The minimum absolute atomic E-state index is 0.0466. The maximum Gasteiger partial charge on any atom is 0.303 e. The largest absolute Gasteiger partial charge is 0.456 e. The van der Waals surface area contributed by atoms with Crippen LogP contribution in [0.15, 0.2) is 0 Å². The average Bonchev–Trinajstić information content (AvgIpc) is 3.42. The second-order valence-electron chi connectivity index (χ2n) is 15.0. The summed E-state index contributed by atoms with van der Waals surface area (Å²) in [6.07, 6.45) is 12.1. The van der Waals surface area contributed by atoms with Crippen molar-refractivity contribution in [1.29, 1.82) is 0 Å². The van der Waals surface area contributed by atoms with Gasteiger partial charge in [0.05, 0.1) is 32.3 Å². The molecular weight excluding hydrogens is 464 g/mol. The van der Waals surface area contributed by atoms with Crippen LogP contribution in [0.2, 0.25) is 0 Å². The van der Waals surface area contributed by atoms with Crippen LogP contribution in [0, 0.1) is 34.5 Å². The molecule has 37 heavy (non-hydrogen) atoms. The number of aliphatic hydroxyl groups excluding tert-OH is 2. The van der Waals surface area contributed by atoms with Crippen molar-refractivity contribution in [3.8, 4) is 0 Å². The number of hydrogen-bond donors (Lipinski definition) is 2. The molecule has 0 bridgehead atoms. The van der Waals surface area contributed by atoms with Gasteiger partial charge in [0.2, 0.25) is 0 Å². The normalized spacial score (nSPS) is 50.2. The minimum Gasteiger partial charge on any atom is -0.456 e. The molecule has 2 saturated heterocycles. The van der Waals surface area contributed by atoms with Gasteiger partial charge in [0.1, 0.15) is 6.04 Å². The van der Waals surface area contributed by atoms with Gasteiger partial charge in [-0.25, -0.2) is 0 Å². The Bertz CT molecular complexity index is 867. The van der Waals surface area contributed by atoms with Crippen LogP contribution < -0.4 is 0 Å². The Balaban J connectivity index is 1.27. The van der Waals surface area contributed by atoms with Crippen LogP contribution >= 0.6 is 0 Å². The smallest absolute Gasteiger partial charge is 0.303 e. The lowest BCUT2D eigenvalue weighted by molar-refractivity contribution is -0.924. The van der Waals surface area contributed by atoms with E-state index >= 15 is 0 Å². The zero-order valence-electron chi connectivity index (χ0n) is 23.9. The molecule has 6 nitrogen and oxygen atoms in total. The van der Waals surface area contributed by atoms with E-state index in [-0.39, 0.29) is 41.2 Å². The van der Waals surface area contributed by atoms with Crippen molar-refractivity contribution < 1.29 is 24.2 Å². The number of aliphatic hydroxyl groups is 2. The maximum absolute atomic E-state index is 12.4. The molecule has 2 N–H and O–H groups in total. The van der Waals surface area contributed by atoms with Crippen molar-refractivity contribution in [2.75, 3.05) is 33.2 Å². The molecule has 0 amide bonds. The van der Waals surface area contributed by atoms with E-state index in [0.717, 1.165) is 43.3 Å². The van der Waals surface area contributed by atoms with E-state index < -0.39 is 0 Å². The highest BCUT2D eigenvalue weighted by atomic mass is 16.5. The third-order valence-electron chi connectivity index (χ3n) is 13.3. The number of nitrogens with zero attached hydrogens (tertiary/aromatic N) is 2. The Morgan fingerprint density at radius 1 is 0.946 bits per heavy atom. The number of rotatable bonds is 3. The number of esters is 1. The number of carbonyl (C=O) groups excluding carboxylic acids is 1. The lowest BCUT2D eigenvalue weighted by atomic mass is 9.44. The highest BCUT2D eigenvalue weighted by Gasteiger charge is 2.67. The standard InChI is InChI=1S/C31H53N2O4/c1-20(34)37-29-27(33(4)15-5-6-16-33)18-25-23-8-7-21-17-28(36)26(32-13-10-22(35)11-14-32)19-31(21,3)24(23)9-12-30(25,29)2/h21-29,35-36H,5-19H2,1-4H3/q+1/t21-,23+,24-,25-,26-,27-,28-,29-,30-,31-/m0/s1. The highest BCUT2D eigenvalue weighted by Crippen LogP contribution is 2.67. The molecule has 2 aliphatic heterocycles. The Morgan fingerprint density at radius 2 is 1.65 bits per heavy atom. The predicted octanol–water partition coefficient (Wildman–Crippen LogP) is 3.98. The molecular formula is C31H53N2O4+. The quantitative estimate of drug-likeness (QED) is 0.438. The fourth-order valence-corrected chi connectivity index (χ4v) is 11.2. The lowest BCUT2D eigenvalue weighted by Gasteiger charge is -2.62. The number of fused-ring (bicyclic) bond motifs is 5. The molecule has 0 aromatic heterocycles. The molecule has 4 aliphatic carbocycles. The molecule has 6 rings (SSSR count). The molecule has 6 aliphatic rings. The van der Waals surface area contributed by atoms with Crippen molar-refractivity contribution in [3.05, 3.63) is 0 Å². The number of likely N-dealkylation sites (tertiary alicyclic amines) is 2. The summed E-state index contributed by atoms with van der Waals surface area (Å²) in [6, 6.07) is 0.673. The lowest BCUT2D eigenvalue weighted by Crippen LogP contribution is -2.61. The van der Waals surface area contributed by atoms with E-state index in [0.29, 0.717) is 29.7 Å². The zero-order chi connectivity index (χ0) is 26.2. The van der Waals surface area contributed by atoms with Crippen LogP contribution in [0.5, 0.6) is 0 Å². The summed E-state index contributed by atoms with van der Waals surface area (Å²) in [5.74, 6) is 2.55. The van der Waals surface area contributed by atoms with Crippen LogP contribution in [-0.4, -0.2) is 89.2 Å². The summed E-state index contributed by atoms with van der Waals surface area (Å²) in [5.41, 5.74) is 0.354. The molecule has 0 unspecified atom stereocenters. The van der Waals surface area contributed by atoms with Crippen LogP contribution in [0.25, 0.3) is 0 Å². The molecule has 210 valence electrons. The molecule has 4 saturated carbocycles. The summed E-state index contributed by atoms with van der Waals surface area (Å²) in [7, 11) is 2.44. The van der Waals surface area contributed by atoms with Crippen molar-refractivity contribution >= 4 is 5.97 Å². The fourth-order valence-electron chi connectivity index (χ4n) is 11.2. The number of quaternary nitrogens is 1. The van der Waals surface area contributed by atoms with E-state index in [9.17, 15) is 15.0 Å². The number of hydrogen-bond acceptors (Lipinski definition) is 5. The first-order chi connectivity index (χ1) is 17.5. The van der Waals surface area contributed by atoms with Gasteiger partial charge in [0.25, 0.3) is 0 Å². The van der Waals surface area contributed by atoms with E-state index in [1.54, 1.807) is 6.92 Å². The fraction of sp³-hybridized carbons (Fsp3) is 0.968. The summed E-state index contributed by atoms with van der Waals surface area (Å²) < 4.78 is 7.38. The number of carbonyl (C=O) groups is 1. The summed E-state index contributed by atoms with van der Waals surface area (Å²) in [6.45, 7) is 11.0. The minimum atomic E-state index is -0.234. The van der Waals surface area contributed by atoms with E-state index in [4.69, 9.17) is 4.74 Å². The molecule has 2 heterocycles. The first-order valence-corrected chi connectivity index (χ1v) is 15.7. The topological polar surface area (TPSA) is 70.0 Å². The van der Waals surface area contributed by atoms with E-state index in [2.05, 4.69) is 25.8 Å². The van der Waals surface area contributed by atoms with Gasteiger partial charge in [0.15, 0.2) is 6.10 Å². The van der Waals surface area contributed by atoms with Crippen molar-refractivity contribution in [3.63, 3.8) is 0 Å². The van der Waals surface area contributed by atoms with Gasteiger partial charge < -0.3 is 19.4 Å². The number of ether oxygens (including phenoxy) is 1. The molecule has 0 aromatic rings. The highest BCUT2D eigenvalue weighted by molar-refractivity contribution is 5.66. The zero-order valence-corrected chi connectivity index (χ0v) is 23.9. The maximum atomic E-state index is 12.4. The second-order valence-corrected chi connectivity index (χ2v) is 15.0. The van der Waals surface area contributed by atoms with Crippen molar-refractivity contribution in [1.82, 2.24) is 4.90 Å². The van der Waals surface area contributed by atoms with E-state index in [1.807, 2.05) is 0 Å². The Morgan fingerprint density at radius 3 is 2.32 bits per heavy atom. The summed E-state index contributed by atoms with van der Waals surface area (Å²) in [4.78, 5) is 14.9. The number of likely N-dealkylation sites (N-methyl/N-ethyl adjacent to an activating group) is 1. The monoisotopic (exact) mass is 517 g/mol. The summed E-state index contributed by atoms with van der Waals surface area (Å²) >= 11 is 0. The van der Waals surface area contributed by atoms with E-state index in [1.165, 1.54) is 58.0 Å². The molecule has 6 fully saturated rings.